The van der Waals surface area contributed by atoms with Crippen LogP contribution in [-0.4, -0.2) is 12.5 Å². The summed E-state index contributed by atoms with van der Waals surface area (Å²) in [6.07, 6.45) is 0. The first-order chi connectivity index (χ1) is 9.95. The maximum Gasteiger partial charge on any atom is 0.243 e. The Labute approximate surface area is 135 Å². The molecule has 1 amide bonds. The molecular weight excluding hydrogens is 359 g/mol. The van der Waals surface area contributed by atoms with Gasteiger partial charge < -0.3 is 10.6 Å². The fourth-order valence-electron chi connectivity index (χ4n) is 1.71. The van der Waals surface area contributed by atoms with Crippen LogP contribution in [-0.2, 0) is 4.79 Å². The Balaban J connectivity index is 1.95. The topological polar surface area (TPSA) is 41.1 Å². The van der Waals surface area contributed by atoms with Crippen LogP contribution in [0.3, 0.4) is 0 Å². The normalized spacial score (nSPS) is 10.3. The average Bonchev–Trinajstić information content (AvgIpc) is 2.44. The first kappa shape index (κ1) is 15.8. The lowest BCUT2D eigenvalue weighted by Gasteiger charge is -2.10. The highest BCUT2D eigenvalue weighted by Crippen LogP contribution is 2.21. The lowest BCUT2D eigenvalue weighted by Crippen LogP contribution is -2.22. The molecule has 0 saturated heterocycles. The summed E-state index contributed by atoms with van der Waals surface area (Å²) >= 11 is 8.97. The first-order valence-corrected chi connectivity index (χ1v) is 7.38. The van der Waals surface area contributed by atoms with Crippen LogP contribution in [0.1, 0.15) is 5.56 Å². The van der Waals surface area contributed by atoms with Crippen molar-refractivity contribution in [1.29, 1.82) is 0 Å². The quantitative estimate of drug-likeness (QED) is 0.824. The first-order valence-electron chi connectivity index (χ1n) is 6.20. The Morgan fingerprint density at radius 1 is 1.29 bits per heavy atom. The number of nitrogens with one attached hydrogen (secondary N) is 2. The van der Waals surface area contributed by atoms with Crippen molar-refractivity contribution in [2.75, 3.05) is 17.2 Å². The second-order valence-corrected chi connectivity index (χ2v) is 5.78. The zero-order valence-electron chi connectivity index (χ0n) is 11.2. The van der Waals surface area contributed by atoms with E-state index in [-0.39, 0.29) is 18.3 Å². The Kier molecular flexibility index (Phi) is 5.20. The lowest BCUT2D eigenvalue weighted by atomic mass is 10.2. The predicted octanol–water partition coefficient (Wildman–Crippen LogP) is 4.60. The standard InChI is InChI=1S/C15H13BrClFN2O/c1-9-2-3-10(17)6-14(9)20-15(21)8-19-11-4-5-12(16)13(18)7-11/h2-7,19H,8H2,1H3,(H,20,21). The monoisotopic (exact) mass is 370 g/mol. The number of carbonyl (C=O) groups excluding carboxylic acids is 1. The van der Waals surface area contributed by atoms with Crippen LogP contribution in [0, 0.1) is 12.7 Å². The van der Waals surface area contributed by atoms with Gasteiger partial charge in [-0.15, -0.1) is 0 Å². The largest absolute Gasteiger partial charge is 0.376 e. The van der Waals surface area contributed by atoms with E-state index in [1.54, 1.807) is 24.3 Å². The summed E-state index contributed by atoms with van der Waals surface area (Å²) in [7, 11) is 0. The Hall–Kier alpha value is -1.59. The number of halogens is 3. The zero-order chi connectivity index (χ0) is 15.4. The highest BCUT2D eigenvalue weighted by molar-refractivity contribution is 9.10. The Bertz CT molecular complexity index is 679. The molecule has 0 aliphatic heterocycles. The van der Waals surface area contributed by atoms with E-state index in [9.17, 15) is 9.18 Å². The molecular formula is C15H13BrClFN2O. The van der Waals surface area contributed by atoms with Crippen LogP contribution in [0.25, 0.3) is 0 Å². The average molecular weight is 372 g/mol. The van der Waals surface area contributed by atoms with Crippen molar-refractivity contribution in [2.45, 2.75) is 6.92 Å². The minimum atomic E-state index is -0.383. The van der Waals surface area contributed by atoms with E-state index in [4.69, 9.17) is 11.6 Å². The molecule has 2 N–H and O–H groups in total. The lowest BCUT2D eigenvalue weighted by molar-refractivity contribution is -0.114. The zero-order valence-corrected chi connectivity index (χ0v) is 13.6. The van der Waals surface area contributed by atoms with Crippen LogP contribution >= 0.6 is 27.5 Å². The minimum absolute atomic E-state index is 0.0347. The van der Waals surface area contributed by atoms with Gasteiger partial charge in [0.25, 0.3) is 0 Å². The van der Waals surface area contributed by atoms with E-state index in [1.807, 2.05) is 13.0 Å². The van der Waals surface area contributed by atoms with Gasteiger partial charge in [0.15, 0.2) is 0 Å². The molecule has 0 atom stereocenters. The number of hydrogen-bond acceptors (Lipinski definition) is 2. The smallest absolute Gasteiger partial charge is 0.243 e. The third-order valence-electron chi connectivity index (χ3n) is 2.85. The SMILES string of the molecule is Cc1ccc(Cl)cc1NC(=O)CNc1ccc(Br)c(F)c1. The van der Waals surface area contributed by atoms with Crippen molar-refractivity contribution in [3.8, 4) is 0 Å². The molecule has 0 heterocycles. The van der Waals surface area contributed by atoms with Gasteiger partial charge in [-0.2, -0.15) is 0 Å². The van der Waals surface area contributed by atoms with Crippen LogP contribution in [0.5, 0.6) is 0 Å². The van der Waals surface area contributed by atoms with Crippen LogP contribution < -0.4 is 10.6 Å². The Morgan fingerprint density at radius 2 is 2.05 bits per heavy atom. The van der Waals surface area contributed by atoms with E-state index in [0.29, 0.717) is 20.9 Å². The van der Waals surface area contributed by atoms with Gasteiger partial charge in [0.1, 0.15) is 5.82 Å². The highest BCUT2D eigenvalue weighted by Gasteiger charge is 2.06. The van der Waals surface area contributed by atoms with E-state index in [1.165, 1.54) is 6.07 Å². The van der Waals surface area contributed by atoms with Crippen molar-refractivity contribution in [1.82, 2.24) is 0 Å². The molecule has 110 valence electrons. The number of rotatable bonds is 4. The molecule has 0 aliphatic carbocycles. The molecule has 0 saturated carbocycles. The second-order valence-electron chi connectivity index (χ2n) is 4.49. The summed E-state index contributed by atoms with van der Waals surface area (Å²) in [5, 5.41) is 6.17. The molecule has 0 bridgehead atoms. The second kappa shape index (κ2) is 6.91. The van der Waals surface area contributed by atoms with Gasteiger partial charge in [0.2, 0.25) is 5.91 Å². The molecule has 2 rings (SSSR count). The van der Waals surface area contributed by atoms with Crippen LogP contribution in [0.4, 0.5) is 15.8 Å². The molecule has 0 aliphatic rings. The van der Waals surface area contributed by atoms with Crippen molar-refractivity contribution in [2.24, 2.45) is 0 Å². The minimum Gasteiger partial charge on any atom is -0.376 e. The fraction of sp³-hybridized carbons (Fsp3) is 0.133. The number of benzene rings is 2. The number of aryl methyl sites for hydroxylation is 1. The number of hydrogen-bond donors (Lipinski definition) is 2. The molecule has 2 aromatic carbocycles. The molecule has 0 fully saturated rings. The fourth-order valence-corrected chi connectivity index (χ4v) is 2.13. The van der Waals surface area contributed by atoms with E-state index in [0.717, 1.165) is 5.56 Å². The van der Waals surface area contributed by atoms with Crippen molar-refractivity contribution < 1.29 is 9.18 Å². The molecule has 0 aromatic heterocycles. The molecule has 2 aromatic rings. The maximum atomic E-state index is 13.3. The summed E-state index contributed by atoms with van der Waals surface area (Å²) in [5.41, 5.74) is 2.12. The van der Waals surface area contributed by atoms with Gasteiger partial charge in [0, 0.05) is 16.4 Å². The van der Waals surface area contributed by atoms with Gasteiger partial charge in [-0.1, -0.05) is 17.7 Å². The summed E-state index contributed by atoms with van der Waals surface area (Å²) in [5.74, 6) is -0.616. The molecule has 0 spiro atoms. The van der Waals surface area contributed by atoms with Gasteiger partial charge in [-0.25, -0.2) is 4.39 Å². The number of anilines is 2. The Morgan fingerprint density at radius 3 is 2.76 bits per heavy atom. The predicted molar refractivity (Wildman–Crippen MR) is 87.4 cm³/mol. The third kappa shape index (κ3) is 4.44. The highest BCUT2D eigenvalue weighted by atomic mass is 79.9. The summed E-state index contributed by atoms with van der Waals surface area (Å²) < 4.78 is 13.7. The molecule has 0 radical (unpaired) electrons. The van der Waals surface area contributed by atoms with Gasteiger partial charge in [-0.3, -0.25) is 4.79 Å². The summed E-state index contributed by atoms with van der Waals surface area (Å²) in [6.45, 7) is 1.91. The number of carbonyl (C=O) groups is 1. The van der Waals surface area contributed by atoms with Crippen LogP contribution in [0.2, 0.25) is 5.02 Å². The van der Waals surface area contributed by atoms with E-state index < -0.39 is 0 Å². The van der Waals surface area contributed by atoms with Gasteiger partial charge in [0.05, 0.1) is 11.0 Å². The molecule has 3 nitrogen and oxygen atoms in total. The van der Waals surface area contributed by atoms with Gasteiger partial charge >= 0.3 is 0 Å². The van der Waals surface area contributed by atoms with E-state index in [2.05, 4.69) is 26.6 Å². The summed E-state index contributed by atoms with van der Waals surface area (Å²) in [6, 6.07) is 9.86. The third-order valence-corrected chi connectivity index (χ3v) is 3.72. The van der Waals surface area contributed by atoms with Gasteiger partial charge in [-0.05, 0) is 58.7 Å². The van der Waals surface area contributed by atoms with Crippen LogP contribution in [0.15, 0.2) is 40.9 Å². The maximum absolute atomic E-state index is 13.3. The van der Waals surface area contributed by atoms with Crippen molar-refractivity contribution in [3.05, 3.63) is 57.3 Å². The van der Waals surface area contributed by atoms with E-state index >= 15 is 0 Å². The van der Waals surface area contributed by atoms with Crippen molar-refractivity contribution in [3.63, 3.8) is 0 Å². The number of amides is 1. The molecule has 6 heteroatoms. The summed E-state index contributed by atoms with van der Waals surface area (Å²) in [4.78, 5) is 11.9. The van der Waals surface area contributed by atoms with Crippen molar-refractivity contribution >= 4 is 44.8 Å². The molecule has 21 heavy (non-hydrogen) atoms. The molecule has 0 unspecified atom stereocenters.